The quantitative estimate of drug-likeness (QED) is 0.674. The number of aliphatic hydroxyl groups excluding tert-OH is 1. The third-order valence-electron chi connectivity index (χ3n) is 7.70. The Morgan fingerprint density at radius 3 is 2.72 bits per heavy atom. The largest absolute Gasteiger partial charge is 0.466 e. The van der Waals surface area contributed by atoms with Crippen LogP contribution >= 0.6 is 0 Å². The standard InChI is InChI=1S/C27H32N2O3/c1-18(17-30)14-20-15-21(26(31)32-2)24-27(22-10-6-7-11-23(22)28-24)12-13-29(25(20)27)16-19-8-4-3-5-9-19/h3-11,18,20,25,28,30H,12-17H2,1-2H3. The lowest BCUT2D eigenvalue weighted by atomic mass is 9.62. The normalized spacial score (nSPS) is 27.3. The number of likely N-dealkylation sites (tertiary alicyclic amines) is 1. The molecule has 4 unspecified atom stereocenters. The summed E-state index contributed by atoms with van der Waals surface area (Å²) in [7, 11) is 1.47. The summed E-state index contributed by atoms with van der Waals surface area (Å²) in [5.74, 6) is 0.205. The van der Waals surface area contributed by atoms with E-state index in [1.54, 1.807) is 0 Å². The van der Waals surface area contributed by atoms with Crippen LogP contribution in [0.5, 0.6) is 0 Å². The monoisotopic (exact) mass is 432 g/mol. The molecule has 4 atom stereocenters. The molecule has 0 amide bonds. The topological polar surface area (TPSA) is 61.8 Å². The van der Waals surface area contributed by atoms with Crippen molar-refractivity contribution in [1.82, 2.24) is 4.90 Å². The van der Waals surface area contributed by atoms with Gasteiger partial charge in [0, 0.05) is 37.1 Å². The zero-order chi connectivity index (χ0) is 22.3. The summed E-state index contributed by atoms with van der Waals surface area (Å²) in [4.78, 5) is 15.5. The Labute approximate surface area is 190 Å². The highest BCUT2D eigenvalue weighted by Crippen LogP contribution is 2.59. The zero-order valence-electron chi connectivity index (χ0n) is 18.9. The predicted octanol–water partition coefficient (Wildman–Crippen LogP) is 4.09. The molecule has 2 aliphatic heterocycles. The van der Waals surface area contributed by atoms with Crippen LogP contribution < -0.4 is 5.32 Å². The summed E-state index contributed by atoms with van der Waals surface area (Å²) >= 11 is 0. The smallest absolute Gasteiger partial charge is 0.335 e. The molecule has 0 radical (unpaired) electrons. The van der Waals surface area contributed by atoms with Crippen molar-refractivity contribution in [3.05, 3.63) is 77.0 Å². The number of ether oxygens (including phenoxy) is 1. The second-order valence-electron chi connectivity index (χ2n) is 9.63. The van der Waals surface area contributed by atoms with Gasteiger partial charge in [0.05, 0.1) is 18.1 Å². The van der Waals surface area contributed by atoms with Gasteiger partial charge in [-0.15, -0.1) is 0 Å². The van der Waals surface area contributed by atoms with Gasteiger partial charge in [-0.2, -0.15) is 0 Å². The molecule has 2 aromatic carbocycles. The Balaban J connectivity index is 1.65. The molecule has 5 rings (SSSR count). The third-order valence-corrected chi connectivity index (χ3v) is 7.70. The Morgan fingerprint density at radius 1 is 1.22 bits per heavy atom. The molecule has 2 N–H and O–H groups in total. The lowest BCUT2D eigenvalue weighted by molar-refractivity contribution is -0.136. The fourth-order valence-electron chi connectivity index (χ4n) is 6.48. The molecule has 1 fully saturated rings. The van der Waals surface area contributed by atoms with Crippen LogP contribution in [0.3, 0.4) is 0 Å². The summed E-state index contributed by atoms with van der Waals surface area (Å²) in [5.41, 5.74) is 5.27. The number of carbonyl (C=O) groups is 1. The fraction of sp³-hybridized carbons (Fsp3) is 0.444. The molecule has 2 aromatic rings. The molecule has 1 saturated heterocycles. The maximum Gasteiger partial charge on any atom is 0.335 e. The Morgan fingerprint density at radius 2 is 1.97 bits per heavy atom. The van der Waals surface area contributed by atoms with Gasteiger partial charge in [0.25, 0.3) is 0 Å². The van der Waals surface area contributed by atoms with Crippen LogP contribution in [0.25, 0.3) is 0 Å². The number of para-hydroxylation sites is 1. The number of esters is 1. The second kappa shape index (κ2) is 8.38. The molecule has 5 heteroatoms. The number of anilines is 1. The zero-order valence-corrected chi connectivity index (χ0v) is 18.9. The lowest BCUT2D eigenvalue weighted by Gasteiger charge is -2.46. The van der Waals surface area contributed by atoms with E-state index in [1.165, 1.54) is 18.2 Å². The highest BCUT2D eigenvalue weighted by atomic mass is 16.5. The predicted molar refractivity (Wildman–Crippen MR) is 125 cm³/mol. The van der Waals surface area contributed by atoms with Gasteiger partial charge in [-0.3, -0.25) is 4.90 Å². The van der Waals surface area contributed by atoms with Gasteiger partial charge in [0.15, 0.2) is 0 Å². The maximum absolute atomic E-state index is 12.9. The number of hydrogen-bond acceptors (Lipinski definition) is 5. The number of carbonyl (C=O) groups excluding carboxylic acids is 1. The number of methoxy groups -OCH3 is 1. The molecular formula is C27H32N2O3. The highest BCUT2D eigenvalue weighted by Gasteiger charge is 2.60. The molecule has 1 aliphatic carbocycles. The average Bonchev–Trinajstić information content (AvgIpc) is 3.37. The van der Waals surface area contributed by atoms with Crippen molar-refractivity contribution in [3.8, 4) is 0 Å². The number of hydrogen-bond donors (Lipinski definition) is 2. The van der Waals surface area contributed by atoms with Gasteiger partial charge < -0.3 is 15.2 Å². The summed E-state index contributed by atoms with van der Waals surface area (Å²) < 4.78 is 5.24. The molecule has 0 saturated carbocycles. The van der Waals surface area contributed by atoms with Gasteiger partial charge in [0.1, 0.15) is 0 Å². The molecule has 3 aliphatic rings. The van der Waals surface area contributed by atoms with Crippen LogP contribution in [-0.4, -0.2) is 42.3 Å². The molecule has 0 bridgehead atoms. The van der Waals surface area contributed by atoms with Gasteiger partial charge in [-0.05, 0) is 48.3 Å². The Hall–Kier alpha value is -2.63. The molecule has 2 heterocycles. The van der Waals surface area contributed by atoms with E-state index in [2.05, 4.69) is 71.7 Å². The average molecular weight is 433 g/mol. The lowest BCUT2D eigenvalue weighted by Crippen LogP contribution is -2.51. The van der Waals surface area contributed by atoms with E-state index >= 15 is 0 Å². The van der Waals surface area contributed by atoms with Crippen molar-refractivity contribution < 1.29 is 14.6 Å². The first kappa shape index (κ1) is 21.2. The Bertz CT molecular complexity index is 1030. The van der Waals surface area contributed by atoms with Crippen LogP contribution in [-0.2, 0) is 21.5 Å². The SMILES string of the molecule is COC(=O)C1=C2Nc3ccccc3C23CCN(Cc2ccccc2)C3C(CC(C)CO)C1. The summed E-state index contributed by atoms with van der Waals surface area (Å²) in [6.45, 7) is 4.12. The van der Waals surface area contributed by atoms with Crippen LogP contribution in [0.15, 0.2) is 65.9 Å². The maximum atomic E-state index is 12.9. The van der Waals surface area contributed by atoms with E-state index in [4.69, 9.17) is 4.74 Å². The van der Waals surface area contributed by atoms with Crippen molar-refractivity contribution in [2.45, 2.75) is 44.2 Å². The van der Waals surface area contributed by atoms with Crippen molar-refractivity contribution in [2.75, 3.05) is 25.6 Å². The third kappa shape index (κ3) is 3.26. The van der Waals surface area contributed by atoms with Crippen molar-refractivity contribution in [1.29, 1.82) is 0 Å². The van der Waals surface area contributed by atoms with E-state index in [0.29, 0.717) is 6.42 Å². The van der Waals surface area contributed by atoms with Crippen molar-refractivity contribution in [3.63, 3.8) is 0 Å². The van der Waals surface area contributed by atoms with E-state index in [1.807, 2.05) is 0 Å². The summed E-state index contributed by atoms with van der Waals surface area (Å²) in [5, 5.41) is 13.5. The first-order chi connectivity index (χ1) is 15.6. The van der Waals surface area contributed by atoms with Crippen LogP contribution in [0.4, 0.5) is 5.69 Å². The van der Waals surface area contributed by atoms with Crippen molar-refractivity contribution >= 4 is 11.7 Å². The summed E-state index contributed by atoms with van der Waals surface area (Å²) in [6, 6.07) is 19.4. The molecule has 168 valence electrons. The van der Waals surface area contributed by atoms with Gasteiger partial charge in [-0.1, -0.05) is 55.5 Å². The van der Waals surface area contributed by atoms with Gasteiger partial charge in [0.2, 0.25) is 0 Å². The van der Waals surface area contributed by atoms with Crippen LogP contribution in [0, 0.1) is 11.8 Å². The number of fused-ring (bicyclic) bond motifs is 1. The Kier molecular flexibility index (Phi) is 5.56. The molecule has 0 aromatic heterocycles. The molecule has 1 spiro atoms. The van der Waals surface area contributed by atoms with E-state index in [9.17, 15) is 9.90 Å². The van der Waals surface area contributed by atoms with E-state index in [-0.39, 0.29) is 35.9 Å². The number of nitrogens with zero attached hydrogens (tertiary/aromatic N) is 1. The minimum atomic E-state index is -0.243. The number of rotatable bonds is 6. The number of benzene rings is 2. The minimum Gasteiger partial charge on any atom is -0.466 e. The fourth-order valence-corrected chi connectivity index (χ4v) is 6.48. The summed E-state index contributed by atoms with van der Waals surface area (Å²) in [6.07, 6.45) is 2.52. The minimum absolute atomic E-state index is 0.161. The first-order valence-corrected chi connectivity index (χ1v) is 11.7. The van der Waals surface area contributed by atoms with Crippen LogP contribution in [0.1, 0.15) is 37.3 Å². The molecular weight excluding hydrogens is 400 g/mol. The van der Waals surface area contributed by atoms with E-state index < -0.39 is 0 Å². The number of aliphatic hydroxyl groups is 1. The number of nitrogens with one attached hydrogen (secondary N) is 1. The van der Waals surface area contributed by atoms with Crippen LogP contribution in [0.2, 0.25) is 0 Å². The first-order valence-electron chi connectivity index (χ1n) is 11.7. The van der Waals surface area contributed by atoms with Crippen molar-refractivity contribution in [2.24, 2.45) is 11.8 Å². The molecule has 32 heavy (non-hydrogen) atoms. The van der Waals surface area contributed by atoms with Gasteiger partial charge >= 0.3 is 5.97 Å². The highest BCUT2D eigenvalue weighted by molar-refractivity contribution is 5.93. The molecule has 5 nitrogen and oxygen atoms in total. The van der Waals surface area contributed by atoms with Gasteiger partial charge in [-0.25, -0.2) is 4.79 Å². The van der Waals surface area contributed by atoms with E-state index in [0.717, 1.165) is 42.9 Å². The second-order valence-corrected chi connectivity index (χ2v) is 9.63.